The zero-order valence-corrected chi connectivity index (χ0v) is 17.0. The first-order valence-electron chi connectivity index (χ1n) is 8.35. The van der Waals surface area contributed by atoms with Gasteiger partial charge in [0.1, 0.15) is 5.75 Å². The SMILES string of the molecule is CSc1ccc(CN(C)C(=O)COC(=O)[C@@H](C)Oc2ccc(Cl)cc2)cc1. The first-order chi connectivity index (χ1) is 12.9. The summed E-state index contributed by atoms with van der Waals surface area (Å²) in [5.41, 5.74) is 1.01. The van der Waals surface area contributed by atoms with E-state index in [9.17, 15) is 9.59 Å². The van der Waals surface area contributed by atoms with E-state index in [0.29, 0.717) is 17.3 Å². The van der Waals surface area contributed by atoms with Crippen LogP contribution in [0.5, 0.6) is 5.75 Å². The maximum Gasteiger partial charge on any atom is 0.347 e. The number of thioether (sulfide) groups is 1. The fourth-order valence-electron chi connectivity index (χ4n) is 2.22. The lowest BCUT2D eigenvalue weighted by molar-refractivity contribution is -0.157. The van der Waals surface area contributed by atoms with Crippen LogP contribution in [0.3, 0.4) is 0 Å². The fraction of sp³-hybridized carbons (Fsp3) is 0.300. The molecular weight excluding hydrogens is 386 g/mol. The standard InChI is InChI=1S/C20H22ClNO4S/c1-14(26-17-8-6-16(21)7-9-17)20(24)25-13-19(23)22(2)12-15-4-10-18(27-3)11-5-15/h4-11,14H,12-13H2,1-3H3/t14-/m1/s1. The molecule has 0 fully saturated rings. The minimum atomic E-state index is -0.830. The third kappa shape index (κ3) is 6.81. The predicted molar refractivity (Wildman–Crippen MR) is 107 cm³/mol. The Kier molecular flexibility index (Phi) is 8.00. The van der Waals surface area contributed by atoms with Gasteiger partial charge in [0.25, 0.3) is 5.91 Å². The maximum absolute atomic E-state index is 12.2. The van der Waals surface area contributed by atoms with Crippen molar-refractivity contribution in [3.05, 3.63) is 59.1 Å². The lowest BCUT2D eigenvalue weighted by atomic mass is 10.2. The average Bonchev–Trinajstić information content (AvgIpc) is 2.68. The average molecular weight is 408 g/mol. The molecule has 1 atom stereocenters. The van der Waals surface area contributed by atoms with Crippen molar-refractivity contribution >= 4 is 35.2 Å². The van der Waals surface area contributed by atoms with Gasteiger partial charge in [-0.15, -0.1) is 11.8 Å². The van der Waals surface area contributed by atoms with Crippen molar-refractivity contribution in [1.29, 1.82) is 0 Å². The minimum Gasteiger partial charge on any atom is -0.479 e. The lowest BCUT2D eigenvalue weighted by Crippen LogP contribution is -2.34. The summed E-state index contributed by atoms with van der Waals surface area (Å²) >= 11 is 7.47. The smallest absolute Gasteiger partial charge is 0.347 e. The zero-order chi connectivity index (χ0) is 19.8. The van der Waals surface area contributed by atoms with E-state index in [1.165, 1.54) is 4.90 Å². The number of nitrogens with zero attached hydrogens (tertiary/aromatic N) is 1. The Balaban J connectivity index is 1.78. The molecule has 0 radical (unpaired) electrons. The molecule has 0 heterocycles. The molecule has 0 saturated heterocycles. The normalized spacial score (nSPS) is 11.6. The maximum atomic E-state index is 12.2. The number of amides is 1. The Labute approximate surface area is 168 Å². The second-order valence-corrected chi connectivity index (χ2v) is 7.24. The first kappa shape index (κ1) is 21.1. The summed E-state index contributed by atoms with van der Waals surface area (Å²) in [4.78, 5) is 26.9. The Morgan fingerprint density at radius 2 is 1.74 bits per heavy atom. The summed E-state index contributed by atoms with van der Waals surface area (Å²) in [6.45, 7) is 1.69. The van der Waals surface area contributed by atoms with Gasteiger partial charge >= 0.3 is 5.97 Å². The van der Waals surface area contributed by atoms with Crippen LogP contribution < -0.4 is 4.74 Å². The second kappa shape index (κ2) is 10.2. The van der Waals surface area contributed by atoms with Gasteiger partial charge in [-0.1, -0.05) is 23.7 Å². The van der Waals surface area contributed by atoms with E-state index in [0.717, 1.165) is 10.5 Å². The summed E-state index contributed by atoms with van der Waals surface area (Å²) in [6.07, 6.45) is 1.18. The number of carbonyl (C=O) groups is 2. The van der Waals surface area contributed by atoms with Gasteiger partial charge in [0, 0.05) is 23.5 Å². The third-order valence-corrected chi connectivity index (χ3v) is 4.80. The molecule has 0 bridgehead atoms. The number of carbonyl (C=O) groups excluding carboxylic acids is 2. The Morgan fingerprint density at radius 3 is 2.33 bits per heavy atom. The van der Waals surface area contributed by atoms with E-state index in [1.54, 1.807) is 50.0 Å². The molecule has 2 rings (SSSR count). The number of ether oxygens (including phenoxy) is 2. The molecule has 0 N–H and O–H groups in total. The predicted octanol–water partition coefficient (Wildman–Crippen LogP) is 4.03. The van der Waals surface area contributed by atoms with Crippen molar-refractivity contribution in [3.63, 3.8) is 0 Å². The Bertz CT molecular complexity index is 765. The summed E-state index contributed by atoms with van der Waals surface area (Å²) in [7, 11) is 1.67. The Hall–Kier alpha value is -2.18. The Morgan fingerprint density at radius 1 is 1.11 bits per heavy atom. The van der Waals surface area contributed by atoms with E-state index >= 15 is 0 Å². The van der Waals surface area contributed by atoms with E-state index in [1.807, 2.05) is 30.5 Å². The molecule has 0 aliphatic rings. The largest absolute Gasteiger partial charge is 0.479 e. The van der Waals surface area contributed by atoms with Crippen LogP contribution in [0.4, 0.5) is 0 Å². The van der Waals surface area contributed by atoms with Gasteiger partial charge in [0.2, 0.25) is 0 Å². The monoisotopic (exact) mass is 407 g/mol. The highest BCUT2D eigenvalue weighted by Gasteiger charge is 2.19. The highest BCUT2D eigenvalue weighted by atomic mass is 35.5. The van der Waals surface area contributed by atoms with E-state index < -0.39 is 12.1 Å². The number of esters is 1. The molecule has 5 nitrogen and oxygen atoms in total. The number of likely N-dealkylation sites (N-methyl/N-ethyl adjacent to an activating group) is 1. The molecule has 0 unspecified atom stereocenters. The summed E-state index contributed by atoms with van der Waals surface area (Å²) in [5.74, 6) is -0.381. The van der Waals surface area contributed by atoms with Crippen molar-refractivity contribution in [2.24, 2.45) is 0 Å². The van der Waals surface area contributed by atoms with Gasteiger partial charge in [-0.25, -0.2) is 4.79 Å². The summed E-state index contributed by atoms with van der Waals surface area (Å²) in [6, 6.07) is 14.6. The number of benzene rings is 2. The highest BCUT2D eigenvalue weighted by Crippen LogP contribution is 2.17. The molecule has 27 heavy (non-hydrogen) atoms. The van der Waals surface area contributed by atoms with Gasteiger partial charge in [-0.3, -0.25) is 4.79 Å². The van der Waals surface area contributed by atoms with Crippen LogP contribution >= 0.6 is 23.4 Å². The fourth-order valence-corrected chi connectivity index (χ4v) is 2.75. The number of hydrogen-bond donors (Lipinski definition) is 0. The second-order valence-electron chi connectivity index (χ2n) is 5.92. The number of halogens is 1. The third-order valence-electron chi connectivity index (χ3n) is 3.80. The molecule has 2 aromatic carbocycles. The number of rotatable bonds is 8. The van der Waals surface area contributed by atoms with Gasteiger partial charge in [-0.05, 0) is 55.1 Å². The molecule has 0 saturated carbocycles. The van der Waals surface area contributed by atoms with Gasteiger partial charge in [0.05, 0.1) is 0 Å². The van der Waals surface area contributed by atoms with Crippen molar-refractivity contribution in [1.82, 2.24) is 4.90 Å². The van der Waals surface area contributed by atoms with Crippen LogP contribution in [-0.4, -0.2) is 42.8 Å². The quantitative estimate of drug-likeness (QED) is 0.488. The van der Waals surface area contributed by atoms with E-state index in [4.69, 9.17) is 21.1 Å². The molecular formula is C20H22ClNO4S. The van der Waals surface area contributed by atoms with Crippen LogP contribution in [0.2, 0.25) is 5.02 Å². The first-order valence-corrected chi connectivity index (χ1v) is 9.95. The number of hydrogen-bond acceptors (Lipinski definition) is 5. The molecule has 2 aromatic rings. The van der Waals surface area contributed by atoms with Crippen LogP contribution in [0.15, 0.2) is 53.4 Å². The topological polar surface area (TPSA) is 55.8 Å². The van der Waals surface area contributed by atoms with Gasteiger partial charge in [0.15, 0.2) is 12.7 Å². The van der Waals surface area contributed by atoms with E-state index in [-0.39, 0.29) is 12.5 Å². The molecule has 1 amide bonds. The molecule has 144 valence electrons. The summed E-state index contributed by atoms with van der Waals surface area (Å²) in [5, 5.41) is 0.578. The van der Waals surface area contributed by atoms with Crippen LogP contribution in [0.25, 0.3) is 0 Å². The molecule has 0 aliphatic heterocycles. The summed E-state index contributed by atoms with van der Waals surface area (Å²) < 4.78 is 10.6. The van der Waals surface area contributed by atoms with Crippen molar-refractivity contribution in [2.45, 2.75) is 24.5 Å². The van der Waals surface area contributed by atoms with Gasteiger partial charge in [-0.2, -0.15) is 0 Å². The highest BCUT2D eigenvalue weighted by molar-refractivity contribution is 7.98. The molecule has 0 spiro atoms. The van der Waals surface area contributed by atoms with Gasteiger partial charge < -0.3 is 14.4 Å². The van der Waals surface area contributed by atoms with Crippen molar-refractivity contribution < 1.29 is 19.1 Å². The van der Waals surface area contributed by atoms with Crippen LogP contribution in [-0.2, 0) is 20.9 Å². The minimum absolute atomic E-state index is 0.281. The lowest BCUT2D eigenvalue weighted by Gasteiger charge is -2.18. The van der Waals surface area contributed by atoms with E-state index in [2.05, 4.69) is 0 Å². The molecule has 7 heteroatoms. The van der Waals surface area contributed by atoms with Crippen molar-refractivity contribution in [2.75, 3.05) is 19.9 Å². The zero-order valence-electron chi connectivity index (χ0n) is 15.5. The molecule has 0 aromatic heterocycles. The van der Waals surface area contributed by atoms with Crippen molar-refractivity contribution in [3.8, 4) is 5.75 Å². The molecule has 0 aliphatic carbocycles. The van der Waals surface area contributed by atoms with Crippen LogP contribution in [0, 0.1) is 0 Å². The van der Waals surface area contributed by atoms with Crippen LogP contribution in [0.1, 0.15) is 12.5 Å².